The standard InChI is InChI=1S/C14H11BrN2O/c1-18-14-5-3-2-4-13(14)17-12-7-6-10(9-16)8-11(12)15/h2-8,17H,1H3. The molecule has 0 heterocycles. The monoisotopic (exact) mass is 302 g/mol. The first-order valence-electron chi connectivity index (χ1n) is 5.34. The van der Waals surface area contributed by atoms with Crippen molar-refractivity contribution in [2.45, 2.75) is 0 Å². The fraction of sp³-hybridized carbons (Fsp3) is 0.0714. The van der Waals surface area contributed by atoms with E-state index in [2.05, 4.69) is 27.3 Å². The molecule has 0 aliphatic heterocycles. The van der Waals surface area contributed by atoms with Crippen LogP contribution in [0.25, 0.3) is 0 Å². The quantitative estimate of drug-likeness (QED) is 0.929. The molecule has 0 unspecified atom stereocenters. The van der Waals surface area contributed by atoms with E-state index in [1.807, 2.05) is 30.3 Å². The maximum absolute atomic E-state index is 8.81. The van der Waals surface area contributed by atoms with E-state index in [9.17, 15) is 0 Å². The minimum atomic E-state index is 0.618. The number of nitrogens with zero attached hydrogens (tertiary/aromatic N) is 1. The van der Waals surface area contributed by atoms with Crippen LogP contribution in [0.1, 0.15) is 5.56 Å². The SMILES string of the molecule is COc1ccccc1Nc1ccc(C#N)cc1Br. The average molecular weight is 303 g/mol. The molecule has 0 atom stereocenters. The molecule has 4 heteroatoms. The second-order valence-corrected chi connectivity index (χ2v) is 4.49. The van der Waals surface area contributed by atoms with E-state index >= 15 is 0 Å². The minimum Gasteiger partial charge on any atom is -0.495 e. The van der Waals surface area contributed by atoms with E-state index in [0.717, 1.165) is 21.6 Å². The molecule has 0 bridgehead atoms. The molecule has 18 heavy (non-hydrogen) atoms. The summed E-state index contributed by atoms with van der Waals surface area (Å²) in [5, 5.41) is 12.1. The van der Waals surface area contributed by atoms with Gasteiger partial charge in [0.05, 0.1) is 30.1 Å². The number of benzene rings is 2. The lowest BCUT2D eigenvalue weighted by atomic mass is 10.2. The van der Waals surface area contributed by atoms with Gasteiger partial charge in [0.15, 0.2) is 0 Å². The molecular weight excluding hydrogens is 292 g/mol. The summed E-state index contributed by atoms with van der Waals surface area (Å²) < 4.78 is 6.11. The van der Waals surface area contributed by atoms with Gasteiger partial charge in [-0.1, -0.05) is 12.1 Å². The summed E-state index contributed by atoms with van der Waals surface area (Å²) in [5.41, 5.74) is 2.39. The van der Waals surface area contributed by atoms with Crippen LogP contribution in [0.2, 0.25) is 0 Å². The first-order valence-corrected chi connectivity index (χ1v) is 6.13. The van der Waals surface area contributed by atoms with Gasteiger partial charge in [-0.05, 0) is 46.3 Å². The van der Waals surface area contributed by atoms with E-state index in [-0.39, 0.29) is 0 Å². The van der Waals surface area contributed by atoms with Gasteiger partial charge in [-0.3, -0.25) is 0 Å². The van der Waals surface area contributed by atoms with Crippen molar-refractivity contribution in [3.8, 4) is 11.8 Å². The molecule has 0 amide bonds. The van der Waals surface area contributed by atoms with Gasteiger partial charge in [-0.15, -0.1) is 0 Å². The van der Waals surface area contributed by atoms with Crippen molar-refractivity contribution >= 4 is 27.3 Å². The summed E-state index contributed by atoms with van der Waals surface area (Å²) in [4.78, 5) is 0. The van der Waals surface area contributed by atoms with E-state index in [1.165, 1.54) is 0 Å². The number of ether oxygens (including phenoxy) is 1. The molecule has 0 aliphatic rings. The van der Waals surface area contributed by atoms with Crippen LogP contribution in [0, 0.1) is 11.3 Å². The Morgan fingerprint density at radius 2 is 1.94 bits per heavy atom. The van der Waals surface area contributed by atoms with Crippen LogP contribution in [-0.2, 0) is 0 Å². The summed E-state index contributed by atoms with van der Waals surface area (Å²) in [5.74, 6) is 0.772. The first-order chi connectivity index (χ1) is 8.74. The number of anilines is 2. The maximum Gasteiger partial charge on any atom is 0.142 e. The minimum absolute atomic E-state index is 0.618. The maximum atomic E-state index is 8.81. The van der Waals surface area contributed by atoms with E-state index in [4.69, 9.17) is 10.00 Å². The van der Waals surface area contributed by atoms with Gasteiger partial charge in [-0.25, -0.2) is 0 Å². The van der Waals surface area contributed by atoms with E-state index in [1.54, 1.807) is 19.2 Å². The van der Waals surface area contributed by atoms with E-state index < -0.39 is 0 Å². The highest BCUT2D eigenvalue weighted by molar-refractivity contribution is 9.10. The van der Waals surface area contributed by atoms with Crippen LogP contribution in [0.15, 0.2) is 46.9 Å². The molecule has 1 N–H and O–H groups in total. The van der Waals surface area contributed by atoms with Crippen molar-refractivity contribution in [2.24, 2.45) is 0 Å². The Hall–Kier alpha value is -1.99. The van der Waals surface area contributed by atoms with Crippen LogP contribution in [0.3, 0.4) is 0 Å². The normalized spacial score (nSPS) is 9.61. The summed E-state index contributed by atoms with van der Waals surface area (Å²) in [6.07, 6.45) is 0. The summed E-state index contributed by atoms with van der Waals surface area (Å²) >= 11 is 3.44. The molecule has 90 valence electrons. The largest absolute Gasteiger partial charge is 0.495 e. The topological polar surface area (TPSA) is 45.0 Å². The Bertz CT molecular complexity index is 605. The highest BCUT2D eigenvalue weighted by Gasteiger charge is 2.05. The van der Waals surface area contributed by atoms with Gasteiger partial charge in [0.25, 0.3) is 0 Å². The van der Waals surface area contributed by atoms with Crippen molar-refractivity contribution in [3.05, 3.63) is 52.5 Å². The molecule has 0 saturated carbocycles. The third kappa shape index (κ3) is 2.63. The average Bonchev–Trinajstić information content (AvgIpc) is 2.41. The second-order valence-electron chi connectivity index (χ2n) is 3.63. The number of para-hydroxylation sites is 2. The van der Waals surface area contributed by atoms with Gasteiger partial charge >= 0.3 is 0 Å². The molecule has 0 saturated heterocycles. The van der Waals surface area contributed by atoms with Gasteiger partial charge in [0, 0.05) is 4.47 Å². The molecule has 0 spiro atoms. The number of methoxy groups -OCH3 is 1. The Labute approximate surface area is 114 Å². The smallest absolute Gasteiger partial charge is 0.142 e. The molecule has 2 aromatic carbocycles. The van der Waals surface area contributed by atoms with Crippen molar-refractivity contribution in [1.82, 2.24) is 0 Å². The zero-order valence-electron chi connectivity index (χ0n) is 9.77. The summed E-state index contributed by atoms with van der Waals surface area (Å²) in [6.45, 7) is 0. The fourth-order valence-corrected chi connectivity index (χ4v) is 2.06. The van der Waals surface area contributed by atoms with Gasteiger partial charge in [0.1, 0.15) is 5.75 Å². The van der Waals surface area contributed by atoms with Crippen molar-refractivity contribution in [3.63, 3.8) is 0 Å². The lowest BCUT2D eigenvalue weighted by Gasteiger charge is -2.12. The van der Waals surface area contributed by atoms with Crippen LogP contribution >= 0.6 is 15.9 Å². The van der Waals surface area contributed by atoms with Crippen molar-refractivity contribution in [2.75, 3.05) is 12.4 Å². The van der Waals surface area contributed by atoms with Gasteiger partial charge in [-0.2, -0.15) is 5.26 Å². The van der Waals surface area contributed by atoms with Crippen LogP contribution < -0.4 is 10.1 Å². The van der Waals surface area contributed by atoms with Crippen LogP contribution in [-0.4, -0.2) is 7.11 Å². The Kier molecular flexibility index (Phi) is 3.85. The second kappa shape index (κ2) is 5.56. The molecule has 0 fully saturated rings. The number of nitriles is 1. The van der Waals surface area contributed by atoms with Crippen LogP contribution in [0.4, 0.5) is 11.4 Å². The lowest BCUT2D eigenvalue weighted by molar-refractivity contribution is 0.417. The molecule has 2 aromatic rings. The van der Waals surface area contributed by atoms with Gasteiger partial charge in [0.2, 0.25) is 0 Å². The molecule has 0 radical (unpaired) electrons. The highest BCUT2D eigenvalue weighted by atomic mass is 79.9. The predicted octanol–water partition coefficient (Wildman–Crippen LogP) is 4.07. The molecule has 2 rings (SSSR count). The Balaban J connectivity index is 2.32. The zero-order valence-corrected chi connectivity index (χ0v) is 11.4. The Morgan fingerprint density at radius 3 is 2.61 bits per heavy atom. The summed E-state index contributed by atoms with van der Waals surface area (Å²) in [6, 6.07) is 15.2. The molecule has 0 aromatic heterocycles. The summed E-state index contributed by atoms with van der Waals surface area (Å²) in [7, 11) is 1.63. The number of halogens is 1. The number of nitrogens with one attached hydrogen (secondary N) is 1. The number of rotatable bonds is 3. The highest BCUT2D eigenvalue weighted by Crippen LogP contribution is 2.31. The van der Waals surface area contributed by atoms with Crippen molar-refractivity contribution in [1.29, 1.82) is 5.26 Å². The van der Waals surface area contributed by atoms with Crippen LogP contribution in [0.5, 0.6) is 5.75 Å². The number of hydrogen-bond donors (Lipinski definition) is 1. The third-order valence-corrected chi connectivity index (χ3v) is 3.13. The van der Waals surface area contributed by atoms with Gasteiger partial charge < -0.3 is 10.1 Å². The number of hydrogen-bond acceptors (Lipinski definition) is 3. The molecule has 3 nitrogen and oxygen atoms in total. The molecular formula is C14H11BrN2O. The zero-order chi connectivity index (χ0) is 13.0. The molecule has 0 aliphatic carbocycles. The Morgan fingerprint density at radius 1 is 1.17 bits per heavy atom. The lowest BCUT2D eigenvalue weighted by Crippen LogP contribution is -1.95. The van der Waals surface area contributed by atoms with E-state index in [0.29, 0.717) is 5.56 Å². The third-order valence-electron chi connectivity index (χ3n) is 2.47. The van der Waals surface area contributed by atoms with Crippen molar-refractivity contribution < 1.29 is 4.74 Å². The first kappa shape index (κ1) is 12.5. The predicted molar refractivity (Wildman–Crippen MR) is 75.1 cm³/mol. The fourth-order valence-electron chi connectivity index (χ4n) is 1.58.